The number of para-hydroxylation sites is 1. The van der Waals surface area contributed by atoms with Crippen molar-refractivity contribution in [2.75, 3.05) is 5.32 Å². The number of carbonyl (C=O) groups is 2. The van der Waals surface area contributed by atoms with Crippen LogP contribution in [0.1, 0.15) is 20.8 Å². The summed E-state index contributed by atoms with van der Waals surface area (Å²) in [5.41, 5.74) is 0.355. The van der Waals surface area contributed by atoms with Gasteiger partial charge in [0.05, 0.1) is 27.5 Å². The molecule has 0 fully saturated rings. The second-order valence-corrected chi connectivity index (χ2v) is 6.18. The van der Waals surface area contributed by atoms with Crippen LogP contribution in [0.2, 0.25) is 10.0 Å². The first-order valence-electron chi connectivity index (χ1n) is 7.66. The maximum Gasteiger partial charge on any atom is 0.354 e. The average molecular weight is 403 g/mol. The van der Waals surface area contributed by atoms with Crippen LogP contribution < -0.4 is 10.1 Å². The van der Waals surface area contributed by atoms with Crippen molar-refractivity contribution >= 4 is 40.8 Å². The molecule has 2 aromatic carbocycles. The first kappa shape index (κ1) is 18.7. The quantitative estimate of drug-likeness (QED) is 0.617. The molecular formula is C19H12Cl2N2O4. The molecule has 136 valence electrons. The molecule has 3 aromatic rings. The van der Waals surface area contributed by atoms with E-state index in [9.17, 15) is 9.59 Å². The number of rotatable bonds is 5. The Bertz CT molecular complexity index is 993. The molecule has 0 spiro atoms. The van der Waals surface area contributed by atoms with E-state index in [1.54, 1.807) is 24.3 Å². The number of halogens is 2. The highest BCUT2D eigenvalue weighted by molar-refractivity contribution is 6.42. The molecule has 0 bridgehead atoms. The number of aromatic nitrogens is 1. The van der Waals surface area contributed by atoms with Crippen LogP contribution >= 0.6 is 23.2 Å². The Labute approximate surface area is 164 Å². The van der Waals surface area contributed by atoms with Crippen LogP contribution in [-0.4, -0.2) is 22.0 Å². The summed E-state index contributed by atoms with van der Waals surface area (Å²) < 4.78 is 5.76. The van der Waals surface area contributed by atoms with E-state index in [1.165, 1.54) is 30.5 Å². The number of carboxylic acids is 1. The predicted molar refractivity (Wildman–Crippen MR) is 102 cm³/mol. The fourth-order valence-electron chi connectivity index (χ4n) is 2.20. The summed E-state index contributed by atoms with van der Waals surface area (Å²) in [4.78, 5) is 27.3. The van der Waals surface area contributed by atoms with Crippen molar-refractivity contribution in [3.05, 3.63) is 82.1 Å². The largest absolute Gasteiger partial charge is 0.477 e. The van der Waals surface area contributed by atoms with E-state index in [1.807, 2.05) is 6.07 Å². The Morgan fingerprint density at radius 2 is 1.70 bits per heavy atom. The molecule has 1 amide bonds. The van der Waals surface area contributed by atoms with Gasteiger partial charge in [0.15, 0.2) is 0 Å². The third kappa shape index (κ3) is 4.55. The first-order chi connectivity index (χ1) is 12.9. The Morgan fingerprint density at radius 3 is 2.33 bits per heavy atom. The Morgan fingerprint density at radius 1 is 1.00 bits per heavy atom. The Balaban J connectivity index is 1.88. The summed E-state index contributed by atoms with van der Waals surface area (Å²) >= 11 is 12.1. The fraction of sp³-hybridized carbons (Fsp3) is 0. The van der Waals surface area contributed by atoms with Crippen LogP contribution in [0.25, 0.3) is 0 Å². The summed E-state index contributed by atoms with van der Waals surface area (Å²) in [6.45, 7) is 0. The summed E-state index contributed by atoms with van der Waals surface area (Å²) in [6, 6.07) is 14.5. The molecule has 6 nitrogen and oxygen atoms in total. The van der Waals surface area contributed by atoms with Crippen molar-refractivity contribution in [3.8, 4) is 11.5 Å². The van der Waals surface area contributed by atoms with Gasteiger partial charge in [0.1, 0.15) is 17.2 Å². The van der Waals surface area contributed by atoms with Crippen LogP contribution in [0.3, 0.4) is 0 Å². The minimum Gasteiger partial charge on any atom is -0.477 e. The van der Waals surface area contributed by atoms with Crippen molar-refractivity contribution in [2.45, 2.75) is 0 Å². The number of nitrogens with one attached hydrogen (secondary N) is 1. The molecule has 0 aliphatic rings. The van der Waals surface area contributed by atoms with Crippen LogP contribution in [0.15, 0.2) is 60.8 Å². The van der Waals surface area contributed by atoms with Gasteiger partial charge in [-0.3, -0.25) is 4.79 Å². The number of benzene rings is 2. The molecule has 0 saturated carbocycles. The minimum absolute atomic E-state index is 0.129. The standard InChI is InChI=1S/C19H12Cl2N2O4/c20-14-8-13(17(9-15(14)21)27-12-4-2-1-3-5-12)18(24)23-11-6-7-16(19(25)26)22-10-11/h1-10H,(H,23,24)(H,25,26). The molecule has 0 radical (unpaired) electrons. The molecule has 1 aromatic heterocycles. The van der Waals surface area contributed by atoms with E-state index in [-0.39, 0.29) is 27.1 Å². The highest BCUT2D eigenvalue weighted by atomic mass is 35.5. The van der Waals surface area contributed by atoms with Gasteiger partial charge in [-0.15, -0.1) is 0 Å². The Kier molecular flexibility index (Phi) is 5.59. The molecule has 3 rings (SSSR count). The highest BCUT2D eigenvalue weighted by Gasteiger charge is 2.17. The van der Waals surface area contributed by atoms with Gasteiger partial charge in [0.25, 0.3) is 5.91 Å². The molecule has 0 saturated heterocycles. The maximum absolute atomic E-state index is 12.7. The predicted octanol–water partition coefficient (Wildman–Crippen LogP) is 5.13. The first-order valence-corrected chi connectivity index (χ1v) is 8.42. The lowest BCUT2D eigenvalue weighted by atomic mass is 10.1. The maximum atomic E-state index is 12.7. The van der Waals surface area contributed by atoms with E-state index in [0.29, 0.717) is 11.4 Å². The van der Waals surface area contributed by atoms with Crippen molar-refractivity contribution in [1.82, 2.24) is 4.98 Å². The number of aromatic carboxylic acids is 1. The number of amides is 1. The number of hydrogen-bond acceptors (Lipinski definition) is 4. The zero-order valence-electron chi connectivity index (χ0n) is 13.6. The average Bonchev–Trinajstić information content (AvgIpc) is 2.65. The minimum atomic E-state index is -1.16. The number of carboxylic acid groups (broad SMARTS) is 1. The molecule has 1 heterocycles. The highest BCUT2D eigenvalue weighted by Crippen LogP contribution is 2.34. The van der Waals surface area contributed by atoms with E-state index >= 15 is 0 Å². The van der Waals surface area contributed by atoms with Crippen molar-refractivity contribution in [1.29, 1.82) is 0 Å². The second-order valence-electron chi connectivity index (χ2n) is 5.37. The van der Waals surface area contributed by atoms with Gasteiger partial charge < -0.3 is 15.2 Å². The number of hydrogen-bond donors (Lipinski definition) is 2. The fourth-order valence-corrected chi connectivity index (χ4v) is 2.52. The lowest BCUT2D eigenvalue weighted by Gasteiger charge is -2.13. The smallest absolute Gasteiger partial charge is 0.354 e. The number of carbonyl (C=O) groups excluding carboxylic acids is 1. The van der Waals surface area contributed by atoms with E-state index in [0.717, 1.165) is 0 Å². The number of ether oxygens (including phenoxy) is 1. The number of nitrogens with zero attached hydrogens (tertiary/aromatic N) is 1. The van der Waals surface area contributed by atoms with Gasteiger partial charge in [-0.2, -0.15) is 0 Å². The van der Waals surface area contributed by atoms with Crippen LogP contribution in [0.5, 0.6) is 11.5 Å². The zero-order chi connectivity index (χ0) is 19.4. The van der Waals surface area contributed by atoms with Gasteiger partial charge in [-0.1, -0.05) is 41.4 Å². The van der Waals surface area contributed by atoms with Gasteiger partial charge in [0, 0.05) is 6.07 Å². The SMILES string of the molecule is O=C(O)c1ccc(NC(=O)c2cc(Cl)c(Cl)cc2Oc2ccccc2)cn1. The summed E-state index contributed by atoms with van der Waals surface area (Å²) in [6.07, 6.45) is 1.25. The Hall–Kier alpha value is -3.09. The van der Waals surface area contributed by atoms with Crippen molar-refractivity contribution < 1.29 is 19.4 Å². The normalized spacial score (nSPS) is 10.3. The zero-order valence-corrected chi connectivity index (χ0v) is 15.2. The number of pyridine rings is 1. The molecule has 0 unspecified atom stereocenters. The third-order valence-electron chi connectivity index (χ3n) is 3.48. The monoisotopic (exact) mass is 402 g/mol. The third-order valence-corrected chi connectivity index (χ3v) is 4.20. The lowest BCUT2D eigenvalue weighted by molar-refractivity contribution is 0.0690. The van der Waals surface area contributed by atoms with Crippen molar-refractivity contribution in [2.24, 2.45) is 0 Å². The second kappa shape index (κ2) is 8.07. The van der Waals surface area contributed by atoms with Gasteiger partial charge in [-0.05, 0) is 30.3 Å². The van der Waals surface area contributed by atoms with Crippen LogP contribution in [-0.2, 0) is 0 Å². The van der Waals surface area contributed by atoms with Crippen LogP contribution in [0.4, 0.5) is 5.69 Å². The van der Waals surface area contributed by atoms with Crippen molar-refractivity contribution in [3.63, 3.8) is 0 Å². The number of anilines is 1. The van der Waals surface area contributed by atoms with E-state index in [4.69, 9.17) is 33.0 Å². The van der Waals surface area contributed by atoms with E-state index < -0.39 is 11.9 Å². The van der Waals surface area contributed by atoms with Gasteiger partial charge in [0.2, 0.25) is 0 Å². The van der Waals surface area contributed by atoms with E-state index in [2.05, 4.69) is 10.3 Å². The molecule has 2 N–H and O–H groups in total. The molecular weight excluding hydrogens is 391 g/mol. The van der Waals surface area contributed by atoms with Crippen LogP contribution in [0, 0.1) is 0 Å². The topological polar surface area (TPSA) is 88.5 Å². The molecule has 8 heteroatoms. The molecule has 0 atom stereocenters. The van der Waals surface area contributed by atoms with Gasteiger partial charge >= 0.3 is 5.97 Å². The lowest BCUT2D eigenvalue weighted by Crippen LogP contribution is -2.14. The summed E-state index contributed by atoms with van der Waals surface area (Å²) in [5, 5.41) is 11.9. The summed E-state index contributed by atoms with van der Waals surface area (Å²) in [7, 11) is 0. The van der Waals surface area contributed by atoms with Gasteiger partial charge in [-0.25, -0.2) is 9.78 Å². The molecule has 0 aliphatic carbocycles. The summed E-state index contributed by atoms with van der Waals surface area (Å²) in [5.74, 6) is -0.916. The molecule has 27 heavy (non-hydrogen) atoms. The molecule has 0 aliphatic heterocycles.